The van der Waals surface area contributed by atoms with Crippen molar-refractivity contribution >= 4 is 29.9 Å². The van der Waals surface area contributed by atoms with Crippen molar-refractivity contribution in [2.45, 2.75) is 19.8 Å². The fourth-order valence-corrected chi connectivity index (χ4v) is 2.38. The van der Waals surface area contributed by atoms with E-state index in [1.54, 1.807) is 36.4 Å². The maximum Gasteiger partial charge on any atom is 0.255 e. The Bertz CT molecular complexity index is 702. The van der Waals surface area contributed by atoms with Crippen molar-refractivity contribution in [2.75, 3.05) is 18.4 Å². The Labute approximate surface area is 154 Å². The maximum absolute atomic E-state index is 12.4. The summed E-state index contributed by atoms with van der Waals surface area (Å²) in [5, 5.41) is 5.51. The second kappa shape index (κ2) is 10.5. The van der Waals surface area contributed by atoms with Gasteiger partial charge in [-0.1, -0.05) is 37.6 Å². The molecule has 2 rings (SSSR count). The van der Waals surface area contributed by atoms with Crippen LogP contribution in [0.15, 0.2) is 48.5 Å². The van der Waals surface area contributed by atoms with Crippen LogP contribution in [0.1, 0.15) is 39.6 Å². The number of aryl methyl sites for hydroxylation is 1. The minimum Gasteiger partial charge on any atom is -0.351 e. The van der Waals surface area contributed by atoms with Gasteiger partial charge in [-0.05, 0) is 36.2 Å². The van der Waals surface area contributed by atoms with Crippen molar-refractivity contribution in [3.63, 3.8) is 0 Å². The average Bonchev–Trinajstić information content (AvgIpc) is 2.61. The Morgan fingerprint density at radius 3 is 2.32 bits per heavy atom. The molecule has 25 heavy (non-hydrogen) atoms. The molecule has 2 amide bonds. The largest absolute Gasteiger partial charge is 0.351 e. The lowest BCUT2D eigenvalue weighted by atomic mass is 10.1. The number of para-hydroxylation sites is 1. The molecule has 0 spiro atoms. The summed E-state index contributed by atoms with van der Waals surface area (Å²) in [6.45, 7) is 2.87. The number of anilines is 1. The van der Waals surface area contributed by atoms with Crippen LogP contribution in [0.25, 0.3) is 0 Å². The highest BCUT2D eigenvalue weighted by atomic mass is 35.5. The lowest BCUT2D eigenvalue weighted by Crippen LogP contribution is -2.30. The van der Waals surface area contributed by atoms with Crippen LogP contribution in [-0.2, 0) is 6.42 Å². The van der Waals surface area contributed by atoms with Gasteiger partial charge in [-0.25, -0.2) is 0 Å². The van der Waals surface area contributed by atoms with E-state index in [1.807, 2.05) is 12.1 Å². The number of rotatable bonds is 7. The Morgan fingerprint density at radius 2 is 1.68 bits per heavy atom. The molecule has 2 aromatic carbocycles. The molecule has 0 fully saturated rings. The maximum atomic E-state index is 12.4. The van der Waals surface area contributed by atoms with Gasteiger partial charge in [0.05, 0.1) is 11.3 Å². The Kier molecular flexibility index (Phi) is 8.67. The van der Waals surface area contributed by atoms with Crippen molar-refractivity contribution in [3.05, 3.63) is 65.2 Å². The van der Waals surface area contributed by atoms with Crippen molar-refractivity contribution < 1.29 is 9.59 Å². The Balaban J connectivity index is 0.00000312. The summed E-state index contributed by atoms with van der Waals surface area (Å²) in [6.07, 6.45) is 2.06. The third kappa shape index (κ3) is 5.89. The van der Waals surface area contributed by atoms with Crippen molar-refractivity contribution in [3.8, 4) is 0 Å². The lowest BCUT2D eigenvalue weighted by molar-refractivity contribution is 0.0955. The minimum atomic E-state index is -0.255. The van der Waals surface area contributed by atoms with Gasteiger partial charge in [0.15, 0.2) is 0 Å². The highest BCUT2D eigenvalue weighted by Crippen LogP contribution is 2.16. The van der Waals surface area contributed by atoms with E-state index >= 15 is 0 Å². The number of nitrogens with one attached hydrogen (secondary N) is 2. The first-order chi connectivity index (χ1) is 11.7. The standard InChI is InChI=1S/C19H23N3O2.ClH/c1-2-5-14-8-10-15(11-9-14)18(23)22-17-7-4-3-6-16(17)19(24)21-13-12-20;/h3-4,6-11H,2,5,12-13,20H2,1H3,(H,21,24)(H,22,23);1H. The van der Waals surface area contributed by atoms with Crippen LogP contribution in [0.4, 0.5) is 5.69 Å². The first-order valence-corrected chi connectivity index (χ1v) is 8.13. The van der Waals surface area contributed by atoms with E-state index in [0.717, 1.165) is 12.8 Å². The zero-order chi connectivity index (χ0) is 17.4. The summed E-state index contributed by atoms with van der Waals surface area (Å²) in [4.78, 5) is 24.6. The van der Waals surface area contributed by atoms with Crippen LogP contribution < -0.4 is 16.4 Å². The van der Waals surface area contributed by atoms with E-state index < -0.39 is 0 Å². The molecule has 2 aromatic rings. The van der Waals surface area contributed by atoms with Crippen LogP contribution >= 0.6 is 12.4 Å². The van der Waals surface area contributed by atoms with E-state index in [0.29, 0.717) is 29.9 Å². The summed E-state index contributed by atoms with van der Waals surface area (Å²) in [5.41, 5.74) is 8.06. The van der Waals surface area contributed by atoms with Gasteiger partial charge >= 0.3 is 0 Å². The van der Waals surface area contributed by atoms with Gasteiger partial charge < -0.3 is 16.4 Å². The van der Waals surface area contributed by atoms with Crippen LogP contribution in [0.3, 0.4) is 0 Å². The summed E-state index contributed by atoms with van der Waals surface area (Å²) >= 11 is 0. The molecule has 0 bridgehead atoms. The monoisotopic (exact) mass is 361 g/mol. The van der Waals surface area contributed by atoms with E-state index in [1.165, 1.54) is 5.56 Å². The summed E-state index contributed by atoms with van der Waals surface area (Å²) < 4.78 is 0. The molecule has 6 heteroatoms. The van der Waals surface area contributed by atoms with Crippen LogP contribution in [-0.4, -0.2) is 24.9 Å². The van der Waals surface area contributed by atoms with E-state index in [4.69, 9.17) is 5.73 Å². The number of benzene rings is 2. The predicted octanol–water partition coefficient (Wildman–Crippen LogP) is 3.00. The normalized spacial score (nSPS) is 9.84. The van der Waals surface area contributed by atoms with Crippen LogP contribution in [0, 0.1) is 0 Å². The van der Waals surface area contributed by atoms with Gasteiger partial charge in [0, 0.05) is 18.7 Å². The number of amides is 2. The smallest absolute Gasteiger partial charge is 0.255 e. The average molecular weight is 362 g/mol. The first-order valence-electron chi connectivity index (χ1n) is 8.13. The molecule has 0 unspecified atom stereocenters. The number of nitrogens with two attached hydrogens (primary N) is 1. The quantitative estimate of drug-likeness (QED) is 0.708. The third-order valence-corrected chi connectivity index (χ3v) is 3.60. The SMILES string of the molecule is CCCc1ccc(C(=O)Nc2ccccc2C(=O)NCCN)cc1.Cl. The van der Waals surface area contributed by atoms with Crippen molar-refractivity contribution in [1.29, 1.82) is 0 Å². The summed E-state index contributed by atoms with van der Waals surface area (Å²) in [6, 6.07) is 14.4. The molecule has 0 saturated heterocycles. The van der Waals surface area contributed by atoms with Gasteiger partial charge in [-0.2, -0.15) is 0 Å². The number of hydrogen-bond acceptors (Lipinski definition) is 3. The lowest BCUT2D eigenvalue weighted by Gasteiger charge is -2.11. The molecular formula is C19H24ClN3O2. The van der Waals surface area contributed by atoms with Crippen LogP contribution in [0.5, 0.6) is 0 Å². The van der Waals surface area contributed by atoms with Gasteiger partial charge in [0.25, 0.3) is 11.8 Å². The number of halogens is 1. The zero-order valence-electron chi connectivity index (χ0n) is 14.2. The number of hydrogen-bond donors (Lipinski definition) is 3. The van der Waals surface area contributed by atoms with Gasteiger partial charge in [-0.3, -0.25) is 9.59 Å². The van der Waals surface area contributed by atoms with Crippen molar-refractivity contribution in [2.24, 2.45) is 5.73 Å². The molecular weight excluding hydrogens is 338 g/mol. The number of carbonyl (C=O) groups excluding carboxylic acids is 2. The van der Waals surface area contributed by atoms with Crippen LogP contribution in [0.2, 0.25) is 0 Å². The number of carbonyl (C=O) groups is 2. The molecule has 5 nitrogen and oxygen atoms in total. The topological polar surface area (TPSA) is 84.2 Å². The molecule has 0 heterocycles. The molecule has 0 radical (unpaired) electrons. The second-order valence-corrected chi connectivity index (χ2v) is 5.49. The second-order valence-electron chi connectivity index (χ2n) is 5.49. The molecule has 0 aliphatic carbocycles. The molecule has 0 aromatic heterocycles. The fraction of sp³-hybridized carbons (Fsp3) is 0.263. The summed E-state index contributed by atoms with van der Waals surface area (Å²) in [7, 11) is 0. The predicted molar refractivity (Wildman–Crippen MR) is 103 cm³/mol. The van der Waals surface area contributed by atoms with E-state index in [9.17, 15) is 9.59 Å². The first kappa shape index (κ1) is 20.7. The molecule has 134 valence electrons. The Morgan fingerprint density at radius 1 is 1.00 bits per heavy atom. The fourth-order valence-electron chi connectivity index (χ4n) is 2.38. The van der Waals surface area contributed by atoms with Gasteiger partial charge in [0.2, 0.25) is 0 Å². The highest BCUT2D eigenvalue weighted by Gasteiger charge is 2.13. The minimum absolute atomic E-state index is 0. The molecule has 0 aliphatic rings. The Hall–Kier alpha value is -2.37. The third-order valence-electron chi connectivity index (χ3n) is 3.60. The van der Waals surface area contributed by atoms with Gasteiger partial charge in [-0.15, -0.1) is 12.4 Å². The van der Waals surface area contributed by atoms with Gasteiger partial charge in [0.1, 0.15) is 0 Å². The highest BCUT2D eigenvalue weighted by molar-refractivity contribution is 6.09. The zero-order valence-corrected chi connectivity index (χ0v) is 15.1. The molecule has 0 atom stereocenters. The summed E-state index contributed by atoms with van der Waals surface area (Å²) in [5.74, 6) is -0.494. The molecule has 0 aliphatic heterocycles. The van der Waals surface area contributed by atoms with E-state index in [2.05, 4.69) is 17.6 Å². The molecule has 0 saturated carbocycles. The van der Waals surface area contributed by atoms with Crippen molar-refractivity contribution in [1.82, 2.24) is 5.32 Å². The van der Waals surface area contributed by atoms with E-state index in [-0.39, 0.29) is 24.2 Å². The molecule has 4 N–H and O–H groups in total.